The van der Waals surface area contributed by atoms with Gasteiger partial charge in [-0.15, -0.1) is 0 Å². The summed E-state index contributed by atoms with van der Waals surface area (Å²) in [6, 6.07) is 0.618. The molecule has 1 aromatic carbocycles. The molecule has 0 radical (unpaired) electrons. The molecule has 0 heterocycles. The summed E-state index contributed by atoms with van der Waals surface area (Å²) in [6.07, 6.45) is 0. The summed E-state index contributed by atoms with van der Waals surface area (Å²) in [4.78, 5) is 0. The molecule has 0 saturated heterocycles. The van der Waals surface area contributed by atoms with Gasteiger partial charge in [0.05, 0.1) is 9.94 Å². The molecule has 0 aromatic heterocycles. The minimum absolute atomic E-state index is 0.410. The summed E-state index contributed by atoms with van der Waals surface area (Å²) < 4.78 is 37.9. The van der Waals surface area contributed by atoms with Crippen molar-refractivity contribution < 1.29 is 23.2 Å². The topological polar surface area (TPSA) is 40.5 Å². The largest absolute Gasteiger partial charge is 0.494 e. The smallest absolute Gasteiger partial charge is 0.423 e. The molecule has 13 heavy (non-hydrogen) atoms. The fraction of sp³-hybridized carbons (Fsp3) is 0. The van der Waals surface area contributed by atoms with Gasteiger partial charge >= 0.3 is 7.12 Å². The van der Waals surface area contributed by atoms with Crippen LogP contribution in [0.3, 0.4) is 0 Å². The van der Waals surface area contributed by atoms with Crippen molar-refractivity contribution in [3.8, 4) is 0 Å². The Morgan fingerprint density at radius 3 is 2.15 bits per heavy atom. The highest BCUT2D eigenvalue weighted by atomic mass is 79.9. The van der Waals surface area contributed by atoms with E-state index in [4.69, 9.17) is 10.0 Å². The minimum atomic E-state index is -2.37. The Morgan fingerprint density at radius 2 is 1.69 bits per heavy atom. The van der Waals surface area contributed by atoms with Crippen LogP contribution in [0.2, 0.25) is 0 Å². The molecule has 70 valence electrons. The lowest BCUT2D eigenvalue weighted by Crippen LogP contribution is -2.36. The Balaban J connectivity index is 3.44. The van der Waals surface area contributed by atoms with Crippen LogP contribution in [0.4, 0.5) is 13.2 Å². The first-order chi connectivity index (χ1) is 5.95. The number of hydrogen-bond acceptors (Lipinski definition) is 2. The second kappa shape index (κ2) is 3.69. The van der Waals surface area contributed by atoms with Crippen LogP contribution in [0.5, 0.6) is 0 Å². The van der Waals surface area contributed by atoms with Crippen LogP contribution >= 0.6 is 15.9 Å². The number of rotatable bonds is 1. The highest BCUT2D eigenvalue weighted by Gasteiger charge is 2.26. The maximum absolute atomic E-state index is 12.8. The predicted molar refractivity (Wildman–Crippen MR) is 43.8 cm³/mol. The van der Waals surface area contributed by atoms with E-state index in [9.17, 15) is 13.2 Å². The van der Waals surface area contributed by atoms with Gasteiger partial charge < -0.3 is 10.0 Å². The summed E-state index contributed by atoms with van der Waals surface area (Å²) in [5, 5.41) is 17.0. The molecule has 2 N–H and O–H groups in total. The molecule has 7 heteroatoms. The Bertz CT molecular complexity index is 345. The van der Waals surface area contributed by atoms with E-state index in [0.717, 1.165) is 0 Å². The van der Waals surface area contributed by atoms with Gasteiger partial charge in [0.1, 0.15) is 5.82 Å². The SMILES string of the molecule is OB(O)c1c(F)cc(Br)c(F)c1F. The standard InChI is InChI=1S/C6H3BBrF3O2/c8-2-1-3(9)4(7(12)13)6(11)5(2)10/h1,12-13H. The van der Waals surface area contributed by atoms with Crippen molar-refractivity contribution >= 4 is 28.5 Å². The molecular weight excluding hydrogens is 252 g/mol. The summed E-state index contributed by atoms with van der Waals surface area (Å²) in [6.45, 7) is 0. The van der Waals surface area contributed by atoms with Gasteiger partial charge in [0, 0.05) is 0 Å². The molecule has 1 aromatic rings. The number of hydrogen-bond donors (Lipinski definition) is 2. The monoisotopic (exact) mass is 254 g/mol. The Hall–Kier alpha value is -0.525. The van der Waals surface area contributed by atoms with E-state index in [2.05, 4.69) is 15.9 Å². The minimum Gasteiger partial charge on any atom is -0.423 e. The predicted octanol–water partition coefficient (Wildman–Crippen LogP) is 0.546. The van der Waals surface area contributed by atoms with Gasteiger partial charge in [-0.1, -0.05) is 0 Å². The third kappa shape index (κ3) is 1.87. The van der Waals surface area contributed by atoms with Gasteiger partial charge in [0.2, 0.25) is 0 Å². The van der Waals surface area contributed by atoms with E-state index in [1.54, 1.807) is 0 Å². The van der Waals surface area contributed by atoms with Gasteiger partial charge in [-0.25, -0.2) is 13.2 Å². The molecule has 2 nitrogen and oxygen atoms in total. The Labute approximate surface area is 80.3 Å². The molecule has 0 spiro atoms. The molecule has 0 unspecified atom stereocenters. The van der Waals surface area contributed by atoms with Crippen LogP contribution in [-0.4, -0.2) is 17.2 Å². The van der Waals surface area contributed by atoms with Gasteiger partial charge in [-0.05, 0) is 22.0 Å². The van der Waals surface area contributed by atoms with Crippen molar-refractivity contribution in [2.45, 2.75) is 0 Å². The molecular formula is C6H3BBrF3O2. The molecule has 0 amide bonds. The Kier molecular flexibility index (Phi) is 3.00. The van der Waals surface area contributed by atoms with Crippen LogP contribution < -0.4 is 5.46 Å². The summed E-state index contributed by atoms with van der Waals surface area (Å²) in [5.41, 5.74) is -1.10. The van der Waals surface area contributed by atoms with Crippen molar-refractivity contribution in [3.63, 3.8) is 0 Å². The molecule has 0 saturated carbocycles. The molecule has 0 bridgehead atoms. The second-order valence-electron chi connectivity index (χ2n) is 2.26. The fourth-order valence-electron chi connectivity index (χ4n) is 0.817. The summed E-state index contributed by atoms with van der Waals surface area (Å²) in [5.74, 6) is -4.19. The third-order valence-electron chi connectivity index (χ3n) is 1.41. The summed E-state index contributed by atoms with van der Waals surface area (Å²) in [7, 11) is -2.37. The zero-order chi connectivity index (χ0) is 10.2. The van der Waals surface area contributed by atoms with Gasteiger partial charge in [-0.3, -0.25) is 0 Å². The fourth-order valence-corrected chi connectivity index (χ4v) is 1.19. The van der Waals surface area contributed by atoms with Crippen LogP contribution in [-0.2, 0) is 0 Å². The second-order valence-corrected chi connectivity index (χ2v) is 3.11. The maximum atomic E-state index is 12.8. The van der Waals surface area contributed by atoms with Crippen molar-refractivity contribution in [1.29, 1.82) is 0 Å². The third-order valence-corrected chi connectivity index (χ3v) is 1.98. The zero-order valence-corrected chi connectivity index (χ0v) is 7.65. The van der Waals surface area contributed by atoms with Gasteiger partial charge in [-0.2, -0.15) is 0 Å². The molecule has 1 rings (SSSR count). The van der Waals surface area contributed by atoms with E-state index in [0.29, 0.717) is 6.07 Å². The van der Waals surface area contributed by atoms with E-state index in [1.807, 2.05) is 0 Å². The lowest BCUT2D eigenvalue weighted by molar-refractivity contribution is 0.415. The zero-order valence-electron chi connectivity index (χ0n) is 6.06. The van der Waals surface area contributed by atoms with Crippen molar-refractivity contribution in [2.75, 3.05) is 0 Å². The quantitative estimate of drug-likeness (QED) is 0.437. The van der Waals surface area contributed by atoms with Crippen LogP contribution in [0.15, 0.2) is 10.5 Å². The molecule has 0 aliphatic carbocycles. The molecule has 0 aliphatic rings. The highest BCUT2D eigenvalue weighted by Crippen LogP contribution is 2.18. The molecule has 0 atom stereocenters. The first-order valence-corrected chi connectivity index (χ1v) is 3.93. The average molecular weight is 255 g/mol. The van der Waals surface area contributed by atoms with Crippen LogP contribution in [0, 0.1) is 17.5 Å². The molecule has 0 aliphatic heterocycles. The van der Waals surface area contributed by atoms with Crippen LogP contribution in [0.25, 0.3) is 0 Å². The lowest BCUT2D eigenvalue weighted by atomic mass is 9.79. The highest BCUT2D eigenvalue weighted by molar-refractivity contribution is 9.10. The number of benzene rings is 1. The van der Waals surface area contributed by atoms with E-state index < -0.39 is 34.5 Å². The normalized spacial score (nSPS) is 10.3. The lowest BCUT2D eigenvalue weighted by Gasteiger charge is -2.05. The summed E-state index contributed by atoms with van der Waals surface area (Å²) >= 11 is 2.56. The van der Waals surface area contributed by atoms with E-state index in [-0.39, 0.29) is 0 Å². The number of halogens is 4. The van der Waals surface area contributed by atoms with Gasteiger partial charge in [0.15, 0.2) is 11.6 Å². The molecule has 0 fully saturated rings. The van der Waals surface area contributed by atoms with E-state index in [1.165, 1.54) is 0 Å². The maximum Gasteiger partial charge on any atom is 0.494 e. The average Bonchev–Trinajstić information content (AvgIpc) is 1.99. The van der Waals surface area contributed by atoms with E-state index >= 15 is 0 Å². The first-order valence-electron chi connectivity index (χ1n) is 3.14. The van der Waals surface area contributed by atoms with Crippen molar-refractivity contribution in [2.24, 2.45) is 0 Å². The van der Waals surface area contributed by atoms with Crippen molar-refractivity contribution in [1.82, 2.24) is 0 Å². The van der Waals surface area contributed by atoms with Gasteiger partial charge in [0.25, 0.3) is 0 Å². The van der Waals surface area contributed by atoms with Crippen LogP contribution in [0.1, 0.15) is 0 Å². The first kappa shape index (κ1) is 10.6. The van der Waals surface area contributed by atoms with Crippen molar-refractivity contribution in [3.05, 3.63) is 28.0 Å². The Morgan fingerprint density at radius 1 is 1.15 bits per heavy atom.